The van der Waals surface area contributed by atoms with Crippen LogP contribution in [0.25, 0.3) is 0 Å². The number of hydrogen-bond donors (Lipinski definition) is 3. The highest BCUT2D eigenvalue weighted by atomic mass is 16.4. The maximum atomic E-state index is 11.9. The van der Waals surface area contributed by atoms with E-state index >= 15 is 0 Å². The van der Waals surface area contributed by atoms with Gasteiger partial charge in [0.05, 0.1) is 23.5 Å². The number of nitrogens with one attached hydrogen (secondary N) is 2. The van der Waals surface area contributed by atoms with E-state index < -0.39 is 5.97 Å². The summed E-state index contributed by atoms with van der Waals surface area (Å²) in [5.74, 6) is -0.273. The number of rotatable bonds is 6. The van der Waals surface area contributed by atoms with Gasteiger partial charge in [-0.2, -0.15) is 5.10 Å². The number of urea groups is 1. The van der Waals surface area contributed by atoms with Crippen LogP contribution in [0.5, 0.6) is 0 Å². The summed E-state index contributed by atoms with van der Waals surface area (Å²) in [7, 11) is 0. The zero-order chi connectivity index (χ0) is 17.1. The van der Waals surface area contributed by atoms with Gasteiger partial charge in [-0.3, -0.25) is 4.68 Å². The number of aromatic nitrogens is 2. The van der Waals surface area contributed by atoms with Gasteiger partial charge in [0, 0.05) is 12.7 Å². The first-order chi connectivity index (χ1) is 11.5. The standard InChI is InChI=1S/C17H20N4O3/c1-11(13-6-7-13)21-10-15(9-19-21)20-17(24)18-8-12-2-4-14(5-3-12)16(22)23/h2-5,9-11,13H,6-8H2,1H3,(H,22,23)(H2,18,20,24). The number of hydrogen-bond acceptors (Lipinski definition) is 3. The maximum absolute atomic E-state index is 11.9. The van der Waals surface area contributed by atoms with E-state index in [1.807, 2.05) is 10.9 Å². The molecule has 7 nitrogen and oxygen atoms in total. The molecule has 1 heterocycles. The SMILES string of the molecule is CC(C1CC1)n1cc(NC(=O)NCc2ccc(C(=O)O)cc2)cn1. The summed E-state index contributed by atoms with van der Waals surface area (Å²) < 4.78 is 1.89. The third-order valence-electron chi connectivity index (χ3n) is 4.23. The monoisotopic (exact) mass is 328 g/mol. The van der Waals surface area contributed by atoms with Crippen LogP contribution in [0.15, 0.2) is 36.7 Å². The van der Waals surface area contributed by atoms with Gasteiger partial charge in [0.2, 0.25) is 0 Å². The Bertz CT molecular complexity index is 735. The number of benzene rings is 1. The van der Waals surface area contributed by atoms with Crippen LogP contribution in [0.2, 0.25) is 0 Å². The predicted octanol–water partition coefficient (Wildman–Crippen LogP) is 2.87. The molecule has 1 aliphatic carbocycles. The van der Waals surface area contributed by atoms with Crippen molar-refractivity contribution in [1.29, 1.82) is 0 Å². The first-order valence-corrected chi connectivity index (χ1v) is 7.94. The zero-order valence-corrected chi connectivity index (χ0v) is 13.4. The van der Waals surface area contributed by atoms with Crippen molar-refractivity contribution >= 4 is 17.7 Å². The van der Waals surface area contributed by atoms with E-state index in [1.54, 1.807) is 18.3 Å². The first-order valence-electron chi connectivity index (χ1n) is 7.94. The Balaban J connectivity index is 1.49. The Labute approximate surface area is 139 Å². The largest absolute Gasteiger partial charge is 0.478 e. The number of amides is 2. The number of carboxylic acid groups (broad SMARTS) is 1. The summed E-state index contributed by atoms with van der Waals surface area (Å²) in [4.78, 5) is 22.7. The van der Waals surface area contributed by atoms with E-state index in [0.717, 1.165) is 5.56 Å². The molecule has 0 spiro atoms. The molecule has 1 aromatic carbocycles. The second kappa shape index (κ2) is 6.74. The number of aromatic carboxylic acids is 1. The lowest BCUT2D eigenvalue weighted by Gasteiger charge is -2.10. The quantitative estimate of drug-likeness (QED) is 0.759. The molecule has 7 heteroatoms. The minimum Gasteiger partial charge on any atom is -0.478 e. The van der Waals surface area contributed by atoms with Crippen molar-refractivity contribution in [3.63, 3.8) is 0 Å². The maximum Gasteiger partial charge on any atom is 0.335 e. The van der Waals surface area contributed by atoms with Gasteiger partial charge in [-0.1, -0.05) is 12.1 Å². The molecule has 3 N–H and O–H groups in total. The van der Waals surface area contributed by atoms with Gasteiger partial charge in [-0.05, 0) is 43.4 Å². The lowest BCUT2D eigenvalue weighted by Crippen LogP contribution is -2.28. The smallest absolute Gasteiger partial charge is 0.335 e. The average molecular weight is 328 g/mol. The summed E-state index contributed by atoms with van der Waals surface area (Å²) in [6.45, 7) is 2.45. The normalized spacial score (nSPS) is 14.9. The van der Waals surface area contributed by atoms with Crippen LogP contribution >= 0.6 is 0 Å². The fraction of sp³-hybridized carbons (Fsp3) is 0.353. The van der Waals surface area contributed by atoms with E-state index in [-0.39, 0.29) is 11.6 Å². The number of carbonyl (C=O) groups excluding carboxylic acids is 1. The van der Waals surface area contributed by atoms with Gasteiger partial charge < -0.3 is 15.7 Å². The highest BCUT2D eigenvalue weighted by Gasteiger charge is 2.29. The average Bonchev–Trinajstić information content (AvgIpc) is 3.32. The molecule has 1 aromatic heterocycles. The number of carboxylic acids is 1. The second-order valence-electron chi connectivity index (χ2n) is 6.10. The van der Waals surface area contributed by atoms with E-state index in [0.29, 0.717) is 24.2 Å². The van der Waals surface area contributed by atoms with Crippen LogP contribution in [0.4, 0.5) is 10.5 Å². The van der Waals surface area contributed by atoms with Crippen molar-refractivity contribution < 1.29 is 14.7 Å². The molecule has 2 amide bonds. The van der Waals surface area contributed by atoms with Crippen LogP contribution in [0, 0.1) is 5.92 Å². The lowest BCUT2D eigenvalue weighted by molar-refractivity contribution is 0.0697. The minimum absolute atomic E-state index is 0.223. The summed E-state index contributed by atoms with van der Waals surface area (Å²) in [6.07, 6.45) is 5.96. The molecule has 2 aromatic rings. The Morgan fingerprint density at radius 1 is 1.33 bits per heavy atom. The Hall–Kier alpha value is -2.83. The molecule has 0 radical (unpaired) electrons. The van der Waals surface area contributed by atoms with Crippen molar-refractivity contribution in [3.05, 3.63) is 47.8 Å². The van der Waals surface area contributed by atoms with Gasteiger partial charge in [0.1, 0.15) is 0 Å². The molecule has 1 saturated carbocycles. The Morgan fingerprint density at radius 2 is 2.04 bits per heavy atom. The fourth-order valence-electron chi connectivity index (χ4n) is 2.54. The topological polar surface area (TPSA) is 96.2 Å². The third-order valence-corrected chi connectivity index (χ3v) is 4.23. The molecule has 0 bridgehead atoms. The summed E-state index contributed by atoms with van der Waals surface area (Å²) in [5, 5.41) is 18.6. The van der Waals surface area contributed by atoms with Crippen LogP contribution < -0.4 is 10.6 Å². The minimum atomic E-state index is -0.968. The van der Waals surface area contributed by atoms with Gasteiger partial charge in [-0.15, -0.1) is 0 Å². The van der Waals surface area contributed by atoms with Crippen LogP contribution in [0.3, 0.4) is 0 Å². The molecule has 1 aliphatic rings. The van der Waals surface area contributed by atoms with Crippen molar-refractivity contribution in [2.45, 2.75) is 32.4 Å². The van der Waals surface area contributed by atoms with E-state index in [4.69, 9.17) is 5.11 Å². The fourth-order valence-corrected chi connectivity index (χ4v) is 2.54. The van der Waals surface area contributed by atoms with Gasteiger partial charge in [0.15, 0.2) is 0 Å². The molecular formula is C17H20N4O3. The van der Waals surface area contributed by atoms with Crippen LogP contribution in [-0.4, -0.2) is 26.9 Å². The number of carbonyl (C=O) groups is 2. The zero-order valence-electron chi connectivity index (χ0n) is 13.4. The van der Waals surface area contributed by atoms with Crippen molar-refractivity contribution in [3.8, 4) is 0 Å². The molecule has 126 valence electrons. The highest BCUT2D eigenvalue weighted by molar-refractivity contribution is 5.89. The molecule has 1 unspecified atom stereocenters. The summed E-state index contributed by atoms with van der Waals surface area (Å²) in [5.41, 5.74) is 1.70. The number of anilines is 1. The first kappa shape index (κ1) is 16.0. The second-order valence-corrected chi connectivity index (χ2v) is 6.10. The van der Waals surface area contributed by atoms with Crippen LogP contribution in [0.1, 0.15) is 41.7 Å². The Kier molecular flexibility index (Phi) is 4.50. The molecule has 24 heavy (non-hydrogen) atoms. The van der Waals surface area contributed by atoms with Crippen molar-refractivity contribution in [2.24, 2.45) is 5.92 Å². The van der Waals surface area contributed by atoms with E-state index in [1.165, 1.54) is 25.0 Å². The van der Waals surface area contributed by atoms with Gasteiger partial charge in [-0.25, -0.2) is 9.59 Å². The molecule has 1 fully saturated rings. The molecule has 0 aliphatic heterocycles. The van der Waals surface area contributed by atoms with Gasteiger partial charge >= 0.3 is 12.0 Å². The number of nitrogens with zero attached hydrogens (tertiary/aromatic N) is 2. The van der Waals surface area contributed by atoms with Crippen molar-refractivity contribution in [1.82, 2.24) is 15.1 Å². The van der Waals surface area contributed by atoms with Crippen molar-refractivity contribution in [2.75, 3.05) is 5.32 Å². The third kappa shape index (κ3) is 3.92. The highest BCUT2D eigenvalue weighted by Crippen LogP contribution is 2.39. The molecule has 1 atom stereocenters. The Morgan fingerprint density at radius 3 is 2.67 bits per heavy atom. The van der Waals surface area contributed by atoms with Crippen LogP contribution in [-0.2, 0) is 6.54 Å². The van der Waals surface area contributed by atoms with Gasteiger partial charge in [0.25, 0.3) is 0 Å². The molecule has 3 rings (SSSR count). The molecule has 0 saturated heterocycles. The lowest BCUT2D eigenvalue weighted by atomic mass is 10.1. The molecular weight excluding hydrogens is 308 g/mol. The van der Waals surface area contributed by atoms with E-state index in [9.17, 15) is 9.59 Å². The predicted molar refractivity (Wildman–Crippen MR) is 88.9 cm³/mol. The summed E-state index contributed by atoms with van der Waals surface area (Å²) >= 11 is 0. The van der Waals surface area contributed by atoms with E-state index in [2.05, 4.69) is 22.7 Å². The summed E-state index contributed by atoms with van der Waals surface area (Å²) in [6, 6.07) is 6.42.